The van der Waals surface area contributed by atoms with Gasteiger partial charge in [0.2, 0.25) is 0 Å². The standard InChI is InChI=1S/C13H15ClN2O2/c1-13(2)7-12(17)11(8-18-13)16-15-10-5-3-9(14)4-6-10/h3-6,8,15-16H,7H2,1-2H3. The summed E-state index contributed by atoms with van der Waals surface area (Å²) in [5.74, 6) is 0.0210. The zero-order chi connectivity index (χ0) is 13.2. The fourth-order valence-electron chi connectivity index (χ4n) is 1.58. The summed E-state index contributed by atoms with van der Waals surface area (Å²) < 4.78 is 5.45. The molecule has 0 saturated heterocycles. The predicted molar refractivity (Wildman–Crippen MR) is 71.1 cm³/mol. The van der Waals surface area contributed by atoms with E-state index in [1.54, 1.807) is 12.1 Å². The van der Waals surface area contributed by atoms with E-state index in [0.717, 1.165) is 5.69 Å². The van der Waals surface area contributed by atoms with Gasteiger partial charge in [-0.1, -0.05) is 11.6 Å². The number of ketones is 1. The zero-order valence-electron chi connectivity index (χ0n) is 10.3. The first-order valence-corrected chi connectivity index (χ1v) is 6.03. The van der Waals surface area contributed by atoms with Gasteiger partial charge in [-0.2, -0.15) is 0 Å². The minimum atomic E-state index is -0.428. The van der Waals surface area contributed by atoms with E-state index >= 15 is 0 Å². The van der Waals surface area contributed by atoms with Gasteiger partial charge in [-0.3, -0.25) is 10.2 Å². The number of anilines is 1. The third kappa shape index (κ3) is 3.17. The van der Waals surface area contributed by atoms with Crippen molar-refractivity contribution in [1.82, 2.24) is 5.43 Å². The summed E-state index contributed by atoms with van der Waals surface area (Å²) in [5.41, 5.74) is 6.57. The van der Waals surface area contributed by atoms with E-state index in [4.69, 9.17) is 16.3 Å². The van der Waals surface area contributed by atoms with Crippen LogP contribution in [0.5, 0.6) is 0 Å². The molecular formula is C13H15ClN2O2. The molecule has 0 aliphatic carbocycles. The van der Waals surface area contributed by atoms with Crippen molar-refractivity contribution in [3.8, 4) is 0 Å². The fourth-order valence-corrected chi connectivity index (χ4v) is 1.71. The average molecular weight is 267 g/mol. The van der Waals surface area contributed by atoms with Gasteiger partial charge in [-0.05, 0) is 38.1 Å². The lowest BCUT2D eigenvalue weighted by atomic mass is 9.98. The Balaban J connectivity index is 1.97. The maximum atomic E-state index is 11.8. The Morgan fingerprint density at radius 1 is 1.22 bits per heavy atom. The Bertz CT molecular complexity index is 480. The number of carbonyl (C=O) groups is 1. The minimum Gasteiger partial charge on any atom is -0.493 e. The van der Waals surface area contributed by atoms with Crippen LogP contribution in [0.4, 0.5) is 5.69 Å². The molecule has 0 radical (unpaired) electrons. The van der Waals surface area contributed by atoms with Crippen LogP contribution in [0.25, 0.3) is 0 Å². The van der Waals surface area contributed by atoms with Crippen LogP contribution in [0, 0.1) is 0 Å². The van der Waals surface area contributed by atoms with E-state index in [0.29, 0.717) is 17.1 Å². The van der Waals surface area contributed by atoms with Crippen LogP contribution in [-0.2, 0) is 9.53 Å². The molecule has 0 aromatic heterocycles. The number of nitrogens with one attached hydrogen (secondary N) is 2. The lowest BCUT2D eigenvalue weighted by Gasteiger charge is -2.29. The normalized spacial score (nSPS) is 17.7. The largest absolute Gasteiger partial charge is 0.493 e. The number of benzene rings is 1. The Labute approximate surface area is 111 Å². The van der Waals surface area contributed by atoms with Crippen LogP contribution >= 0.6 is 11.6 Å². The number of hydrogen-bond donors (Lipinski definition) is 2. The molecule has 0 atom stereocenters. The Kier molecular flexibility index (Phi) is 3.48. The second kappa shape index (κ2) is 4.90. The van der Waals surface area contributed by atoms with Gasteiger partial charge < -0.3 is 10.2 Å². The second-order valence-corrected chi connectivity index (χ2v) is 5.20. The first-order valence-electron chi connectivity index (χ1n) is 5.65. The van der Waals surface area contributed by atoms with Gasteiger partial charge in [-0.15, -0.1) is 0 Å². The van der Waals surface area contributed by atoms with Crippen LogP contribution < -0.4 is 10.9 Å². The highest BCUT2D eigenvalue weighted by molar-refractivity contribution is 6.30. The highest BCUT2D eigenvalue weighted by Crippen LogP contribution is 2.22. The van der Waals surface area contributed by atoms with E-state index < -0.39 is 5.60 Å². The van der Waals surface area contributed by atoms with Crippen molar-refractivity contribution in [3.63, 3.8) is 0 Å². The first-order chi connectivity index (χ1) is 8.46. The SMILES string of the molecule is CC1(C)CC(=O)C(NNc2ccc(Cl)cc2)=CO1. The summed E-state index contributed by atoms with van der Waals surface area (Å²) in [6.45, 7) is 3.76. The van der Waals surface area contributed by atoms with Crippen molar-refractivity contribution in [2.24, 2.45) is 0 Å². The third-order valence-electron chi connectivity index (χ3n) is 2.57. The van der Waals surface area contributed by atoms with Gasteiger partial charge in [0.05, 0.1) is 12.1 Å². The van der Waals surface area contributed by atoms with Gasteiger partial charge >= 0.3 is 0 Å². The van der Waals surface area contributed by atoms with E-state index in [1.807, 2.05) is 26.0 Å². The summed E-state index contributed by atoms with van der Waals surface area (Å²) in [6.07, 6.45) is 1.81. The number of rotatable bonds is 3. The first kappa shape index (κ1) is 12.8. The molecule has 0 bridgehead atoms. The molecule has 1 aliphatic heterocycles. The van der Waals surface area contributed by atoms with Crippen LogP contribution in [0.1, 0.15) is 20.3 Å². The molecule has 1 aromatic rings. The highest BCUT2D eigenvalue weighted by atomic mass is 35.5. The Morgan fingerprint density at radius 3 is 2.50 bits per heavy atom. The molecule has 0 spiro atoms. The highest BCUT2D eigenvalue weighted by Gasteiger charge is 2.29. The summed E-state index contributed by atoms with van der Waals surface area (Å²) in [6, 6.07) is 7.16. The van der Waals surface area contributed by atoms with Gasteiger partial charge in [-0.25, -0.2) is 0 Å². The number of ether oxygens (including phenoxy) is 1. The monoisotopic (exact) mass is 266 g/mol. The molecule has 2 N–H and O–H groups in total. The van der Waals surface area contributed by atoms with Crippen molar-refractivity contribution < 1.29 is 9.53 Å². The number of carbonyl (C=O) groups excluding carboxylic acids is 1. The van der Waals surface area contributed by atoms with Crippen molar-refractivity contribution >= 4 is 23.1 Å². The second-order valence-electron chi connectivity index (χ2n) is 4.77. The van der Waals surface area contributed by atoms with Gasteiger partial charge in [0.25, 0.3) is 0 Å². The molecule has 0 amide bonds. The molecule has 4 nitrogen and oxygen atoms in total. The number of allylic oxidation sites excluding steroid dienone is 1. The van der Waals surface area contributed by atoms with Crippen molar-refractivity contribution in [2.75, 3.05) is 5.43 Å². The summed E-state index contributed by atoms with van der Waals surface area (Å²) >= 11 is 5.78. The molecule has 96 valence electrons. The molecule has 1 aliphatic rings. The van der Waals surface area contributed by atoms with Crippen LogP contribution in [0.2, 0.25) is 5.02 Å². The maximum absolute atomic E-state index is 11.8. The average Bonchev–Trinajstić information content (AvgIpc) is 2.29. The molecule has 5 heteroatoms. The topological polar surface area (TPSA) is 50.4 Å². The van der Waals surface area contributed by atoms with E-state index in [2.05, 4.69) is 10.9 Å². The number of halogens is 1. The lowest BCUT2D eigenvalue weighted by Crippen LogP contribution is -2.36. The molecule has 18 heavy (non-hydrogen) atoms. The van der Waals surface area contributed by atoms with Crippen molar-refractivity contribution in [3.05, 3.63) is 41.2 Å². The summed E-state index contributed by atoms with van der Waals surface area (Å²) in [7, 11) is 0. The minimum absolute atomic E-state index is 0.0210. The third-order valence-corrected chi connectivity index (χ3v) is 2.82. The van der Waals surface area contributed by atoms with Gasteiger partial charge in [0, 0.05) is 5.02 Å². The zero-order valence-corrected chi connectivity index (χ0v) is 11.0. The van der Waals surface area contributed by atoms with E-state index in [1.165, 1.54) is 6.26 Å². The van der Waals surface area contributed by atoms with Gasteiger partial charge in [0.1, 0.15) is 17.6 Å². The number of Topliss-reactive ketones (excluding diaryl/α,β-unsaturated/α-hetero) is 1. The van der Waals surface area contributed by atoms with Crippen molar-refractivity contribution in [1.29, 1.82) is 0 Å². The maximum Gasteiger partial charge on any atom is 0.187 e. The smallest absolute Gasteiger partial charge is 0.187 e. The van der Waals surface area contributed by atoms with E-state index in [9.17, 15) is 4.79 Å². The molecule has 1 aromatic carbocycles. The van der Waals surface area contributed by atoms with E-state index in [-0.39, 0.29) is 5.78 Å². The Morgan fingerprint density at radius 2 is 1.89 bits per heavy atom. The number of hydrogen-bond acceptors (Lipinski definition) is 4. The van der Waals surface area contributed by atoms with Gasteiger partial charge in [0.15, 0.2) is 5.78 Å². The molecule has 2 rings (SSSR count). The molecule has 1 heterocycles. The summed E-state index contributed by atoms with van der Waals surface area (Å²) in [5, 5.41) is 0.665. The molecule has 0 saturated carbocycles. The molecule has 0 unspecified atom stereocenters. The summed E-state index contributed by atoms with van der Waals surface area (Å²) in [4.78, 5) is 11.8. The number of hydrazine groups is 1. The molecule has 0 fully saturated rings. The molecular weight excluding hydrogens is 252 g/mol. The quantitative estimate of drug-likeness (QED) is 0.826. The van der Waals surface area contributed by atoms with Crippen LogP contribution in [0.15, 0.2) is 36.2 Å². The van der Waals surface area contributed by atoms with Crippen LogP contribution in [0.3, 0.4) is 0 Å². The van der Waals surface area contributed by atoms with Crippen LogP contribution in [-0.4, -0.2) is 11.4 Å². The fraction of sp³-hybridized carbons (Fsp3) is 0.308. The Hall–Kier alpha value is -1.68. The predicted octanol–water partition coefficient (Wildman–Crippen LogP) is 2.87. The lowest BCUT2D eigenvalue weighted by molar-refractivity contribution is -0.122. The van der Waals surface area contributed by atoms with Crippen molar-refractivity contribution in [2.45, 2.75) is 25.9 Å².